The smallest absolute Gasteiger partial charge is 0.276 e. The average Bonchev–Trinajstić information content (AvgIpc) is 2.71. The fourth-order valence-electron chi connectivity index (χ4n) is 2.79. The molecule has 0 saturated carbocycles. The predicted octanol–water partition coefficient (Wildman–Crippen LogP) is 4.38. The second-order valence-corrected chi connectivity index (χ2v) is 6.70. The molecule has 0 aliphatic heterocycles. The van der Waals surface area contributed by atoms with Crippen LogP contribution in [0.4, 0.5) is 11.4 Å². The monoisotopic (exact) mass is 424 g/mol. The van der Waals surface area contributed by atoms with Gasteiger partial charge in [-0.2, -0.15) is 0 Å². The first-order chi connectivity index (χ1) is 14.6. The van der Waals surface area contributed by atoms with Gasteiger partial charge >= 0.3 is 0 Å². The number of methoxy groups -OCH3 is 1. The van der Waals surface area contributed by atoms with E-state index in [1.165, 1.54) is 37.5 Å². The normalized spacial score (nSPS) is 11.1. The molecule has 0 saturated heterocycles. The van der Waals surface area contributed by atoms with Gasteiger partial charge in [0.1, 0.15) is 5.75 Å². The molecule has 160 valence electrons. The maximum absolute atomic E-state index is 12.1. The number of carbonyl (C=O) groups is 2. The topological polar surface area (TPSA) is 130 Å². The number of nitro groups is 2. The molecule has 0 spiro atoms. The number of hydrogen-bond acceptors (Lipinski definition) is 7. The molecule has 0 N–H and O–H groups in total. The lowest BCUT2D eigenvalue weighted by Gasteiger charge is -2.06. The quantitative estimate of drug-likeness (QED) is 0.253. The molecule has 0 aromatic heterocycles. The van der Waals surface area contributed by atoms with Crippen LogP contribution < -0.4 is 4.74 Å². The van der Waals surface area contributed by atoms with Crippen LogP contribution in [0.2, 0.25) is 0 Å². The van der Waals surface area contributed by atoms with Crippen molar-refractivity contribution in [2.24, 2.45) is 0 Å². The molecule has 31 heavy (non-hydrogen) atoms. The van der Waals surface area contributed by atoms with Crippen molar-refractivity contribution in [2.75, 3.05) is 7.11 Å². The van der Waals surface area contributed by atoms with Crippen molar-refractivity contribution in [1.29, 1.82) is 0 Å². The second-order valence-electron chi connectivity index (χ2n) is 6.70. The second kappa shape index (κ2) is 10.1. The van der Waals surface area contributed by atoms with Crippen molar-refractivity contribution >= 4 is 35.1 Å². The van der Waals surface area contributed by atoms with Gasteiger partial charge in [0.05, 0.1) is 28.9 Å². The molecule has 9 heteroatoms. The van der Waals surface area contributed by atoms with Crippen LogP contribution in [-0.4, -0.2) is 28.5 Å². The summed E-state index contributed by atoms with van der Waals surface area (Å²) < 4.78 is 5.12. The summed E-state index contributed by atoms with van der Waals surface area (Å²) in [6, 6.07) is 7.42. The van der Waals surface area contributed by atoms with Crippen LogP contribution in [0.5, 0.6) is 5.75 Å². The van der Waals surface area contributed by atoms with E-state index in [-0.39, 0.29) is 11.4 Å². The van der Waals surface area contributed by atoms with Crippen LogP contribution in [0.1, 0.15) is 28.7 Å². The zero-order valence-corrected chi connectivity index (χ0v) is 17.2. The highest BCUT2D eigenvalue weighted by atomic mass is 16.6. The maximum atomic E-state index is 12.1. The molecule has 0 atom stereocenters. The molecule has 2 aromatic rings. The van der Waals surface area contributed by atoms with E-state index >= 15 is 0 Å². The Balaban J connectivity index is 2.08. The number of rotatable bonds is 9. The van der Waals surface area contributed by atoms with Gasteiger partial charge in [0.15, 0.2) is 11.6 Å². The third-order valence-electron chi connectivity index (χ3n) is 4.47. The first-order valence-electron chi connectivity index (χ1n) is 9.12. The Morgan fingerprint density at radius 2 is 1.45 bits per heavy atom. The highest BCUT2D eigenvalue weighted by Crippen LogP contribution is 2.30. The molecule has 0 amide bonds. The molecular formula is C22H20N2O7. The first-order valence-corrected chi connectivity index (χ1v) is 9.12. The Labute approximate surface area is 178 Å². The molecule has 0 bridgehead atoms. The van der Waals surface area contributed by atoms with Crippen LogP contribution in [0.15, 0.2) is 42.5 Å². The van der Waals surface area contributed by atoms with E-state index in [0.717, 1.165) is 6.08 Å². The zero-order valence-electron chi connectivity index (χ0n) is 17.2. The summed E-state index contributed by atoms with van der Waals surface area (Å²) in [7, 11) is 1.39. The van der Waals surface area contributed by atoms with Gasteiger partial charge in [-0.25, -0.2) is 0 Å². The predicted molar refractivity (Wildman–Crippen MR) is 115 cm³/mol. The lowest BCUT2D eigenvalue weighted by Crippen LogP contribution is -2.02. The summed E-state index contributed by atoms with van der Waals surface area (Å²) in [4.78, 5) is 45.2. The Morgan fingerprint density at radius 3 is 2.00 bits per heavy atom. The van der Waals surface area contributed by atoms with Gasteiger partial charge in [0, 0.05) is 17.7 Å². The van der Waals surface area contributed by atoms with Gasteiger partial charge < -0.3 is 4.74 Å². The molecule has 2 rings (SSSR count). The lowest BCUT2D eigenvalue weighted by molar-refractivity contribution is -0.385. The highest BCUT2D eigenvalue weighted by Gasteiger charge is 2.16. The lowest BCUT2D eigenvalue weighted by atomic mass is 10.1. The highest BCUT2D eigenvalue weighted by molar-refractivity contribution is 6.10. The van der Waals surface area contributed by atoms with Crippen molar-refractivity contribution < 1.29 is 24.2 Å². The summed E-state index contributed by atoms with van der Waals surface area (Å²) in [5, 5.41) is 22.1. The summed E-state index contributed by atoms with van der Waals surface area (Å²) in [6.07, 6.45) is 4.71. The van der Waals surface area contributed by atoms with Gasteiger partial charge in [-0.3, -0.25) is 29.8 Å². The number of hydrogen-bond donors (Lipinski definition) is 0. The number of allylic oxidation sites excluding steroid dienone is 2. The molecule has 0 aliphatic rings. The van der Waals surface area contributed by atoms with Crippen molar-refractivity contribution in [1.82, 2.24) is 0 Å². The average molecular weight is 424 g/mol. The molecule has 2 aromatic carbocycles. The van der Waals surface area contributed by atoms with Gasteiger partial charge in [-0.15, -0.1) is 0 Å². The standard InChI is InChI=1S/C22H20N2O7/c1-14-4-5-16(10-20(14)23(27)28)6-8-18(25)13-19(26)9-7-17-11-21(24(29)30)15(2)22(12-17)31-3/h4-12H,13H2,1-3H3/b8-6+,9-7+. The summed E-state index contributed by atoms with van der Waals surface area (Å²) in [6.45, 7) is 3.17. The largest absolute Gasteiger partial charge is 0.496 e. The number of ketones is 2. The van der Waals surface area contributed by atoms with E-state index in [4.69, 9.17) is 4.74 Å². The molecule has 0 unspecified atom stereocenters. The molecular weight excluding hydrogens is 404 g/mol. The Hall–Kier alpha value is -4.14. The van der Waals surface area contributed by atoms with Crippen LogP contribution >= 0.6 is 0 Å². The van der Waals surface area contributed by atoms with E-state index < -0.39 is 27.8 Å². The zero-order chi connectivity index (χ0) is 23.1. The van der Waals surface area contributed by atoms with Gasteiger partial charge in [0.25, 0.3) is 11.4 Å². The number of carbonyl (C=O) groups excluding carboxylic acids is 2. The number of aryl methyl sites for hydroxylation is 1. The van der Waals surface area contributed by atoms with Gasteiger partial charge in [-0.05, 0) is 43.2 Å². The third kappa shape index (κ3) is 6.17. The van der Waals surface area contributed by atoms with Gasteiger partial charge in [0.2, 0.25) is 0 Å². The number of ether oxygens (including phenoxy) is 1. The summed E-state index contributed by atoms with van der Waals surface area (Å²) in [5.74, 6) is -0.662. The van der Waals surface area contributed by atoms with Crippen molar-refractivity contribution in [3.63, 3.8) is 0 Å². The maximum Gasteiger partial charge on any atom is 0.276 e. The number of nitrogens with zero attached hydrogens (tertiary/aromatic N) is 2. The summed E-state index contributed by atoms with van der Waals surface area (Å²) >= 11 is 0. The molecule has 0 radical (unpaired) electrons. The SMILES string of the molecule is COc1cc(/C=C/C(=O)CC(=O)/C=C/c2ccc(C)c([N+](=O)[O-])c2)cc([N+](=O)[O-])c1C. The van der Waals surface area contributed by atoms with Crippen LogP contribution in [0, 0.1) is 34.1 Å². The van der Waals surface area contributed by atoms with Crippen molar-refractivity contribution in [3.8, 4) is 5.75 Å². The van der Waals surface area contributed by atoms with Crippen LogP contribution in [0.3, 0.4) is 0 Å². The molecule has 0 fully saturated rings. The minimum Gasteiger partial charge on any atom is -0.496 e. The minimum atomic E-state index is -0.541. The van der Waals surface area contributed by atoms with Gasteiger partial charge in [-0.1, -0.05) is 24.3 Å². The molecule has 0 heterocycles. The summed E-state index contributed by atoms with van der Waals surface area (Å²) in [5.41, 5.74) is 1.52. The molecule has 9 nitrogen and oxygen atoms in total. The minimum absolute atomic E-state index is 0.0590. The fourth-order valence-corrected chi connectivity index (χ4v) is 2.79. The number of benzene rings is 2. The Bertz CT molecular complexity index is 1120. The fraction of sp³-hybridized carbons (Fsp3) is 0.182. The number of nitro benzene ring substituents is 2. The molecule has 0 aliphatic carbocycles. The van der Waals surface area contributed by atoms with E-state index in [0.29, 0.717) is 28.0 Å². The van der Waals surface area contributed by atoms with Crippen LogP contribution in [-0.2, 0) is 9.59 Å². The van der Waals surface area contributed by atoms with Crippen molar-refractivity contribution in [2.45, 2.75) is 20.3 Å². The van der Waals surface area contributed by atoms with Crippen LogP contribution in [0.25, 0.3) is 12.2 Å². The Morgan fingerprint density at radius 1 is 0.903 bits per heavy atom. The Kier molecular flexibility index (Phi) is 7.51. The van der Waals surface area contributed by atoms with E-state index in [9.17, 15) is 29.8 Å². The van der Waals surface area contributed by atoms with E-state index in [2.05, 4.69) is 0 Å². The van der Waals surface area contributed by atoms with E-state index in [1.54, 1.807) is 32.0 Å². The first kappa shape index (κ1) is 23.1. The van der Waals surface area contributed by atoms with E-state index in [1.807, 2.05) is 0 Å². The third-order valence-corrected chi connectivity index (χ3v) is 4.47. The van der Waals surface area contributed by atoms with Crippen molar-refractivity contribution in [3.05, 3.63) is 85.0 Å².